The van der Waals surface area contributed by atoms with Gasteiger partial charge in [-0.2, -0.15) is 0 Å². The molecule has 0 radical (unpaired) electrons. The van der Waals surface area contributed by atoms with Gasteiger partial charge in [-0.05, 0) is 81.3 Å². The van der Waals surface area contributed by atoms with Gasteiger partial charge in [-0.25, -0.2) is 8.42 Å². The Morgan fingerprint density at radius 3 is 2.11 bits per heavy atom. The molecule has 8 nitrogen and oxygen atoms in total. The third-order valence-corrected chi connectivity index (χ3v) is 9.58. The molecule has 0 saturated carbocycles. The number of amides is 2. The summed E-state index contributed by atoms with van der Waals surface area (Å²) in [7, 11) is -4.33. The molecule has 4 aromatic carbocycles. The number of rotatable bonds is 13. The Labute approximate surface area is 287 Å². The van der Waals surface area contributed by atoms with Crippen molar-refractivity contribution in [1.82, 2.24) is 10.2 Å². The molecule has 0 spiro atoms. The lowest BCUT2D eigenvalue weighted by atomic mass is 10.0. The Balaban J connectivity index is 1.86. The van der Waals surface area contributed by atoms with Crippen LogP contribution >= 0.6 is 23.2 Å². The van der Waals surface area contributed by atoms with E-state index in [0.29, 0.717) is 15.6 Å². The molecule has 11 heteroatoms. The van der Waals surface area contributed by atoms with Crippen LogP contribution in [0.5, 0.6) is 5.75 Å². The molecule has 47 heavy (non-hydrogen) atoms. The highest BCUT2D eigenvalue weighted by molar-refractivity contribution is 7.92. The zero-order valence-corrected chi connectivity index (χ0v) is 29.1. The second-order valence-electron chi connectivity index (χ2n) is 11.9. The maximum atomic E-state index is 14.7. The normalized spacial score (nSPS) is 12.2. The number of nitrogens with one attached hydrogen (secondary N) is 1. The minimum Gasteiger partial charge on any atom is -0.492 e. The largest absolute Gasteiger partial charge is 0.492 e. The summed E-state index contributed by atoms with van der Waals surface area (Å²) in [5.41, 5.74) is 0.997. The zero-order valence-electron chi connectivity index (χ0n) is 26.8. The minimum atomic E-state index is -4.33. The summed E-state index contributed by atoms with van der Waals surface area (Å²) < 4.78 is 35.4. The van der Waals surface area contributed by atoms with E-state index in [1.54, 1.807) is 55.5 Å². The van der Waals surface area contributed by atoms with Gasteiger partial charge in [0, 0.05) is 28.5 Å². The number of carbonyl (C=O) groups excluding carboxylic acids is 2. The molecular formula is C36H39Cl2N3O5S. The van der Waals surface area contributed by atoms with E-state index < -0.39 is 34.1 Å². The Morgan fingerprint density at radius 2 is 1.47 bits per heavy atom. The van der Waals surface area contributed by atoms with Gasteiger partial charge < -0.3 is 15.0 Å². The number of hydrogen-bond donors (Lipinski definition) is 1. The van der Waals surface area contributed by atoms with Crippen LogP contribution in [-0.2, 0) is 32.6 Å². The Kier molecular flexibility index (Phi) is 12.0. The smallest absolute Gasteiger partial charge is 0.264 e. The Morgan fingerprint density at radius 1 is 0.851 bits per heavy atom. The maximum absolute atomic E-state index is 14.7. The van der Waals surface area contributed by atoms with Crippen molar-refractivity contribution in [2.45, 2.75) is 57.1 Å². The first-order valence-electron chi connectivity index (χ1n) is 15.2. The zero-order chi connectivity index (χ0) is 34.2. The average molecular weight is 697 g/mol. The predicted octanol–water partition coefficient (Wildman–Crippen LogP) is 7.14. The number of sulfonamides is 1. The van der Waals surface area contributed by atoms with Gasteiger partial charge in [0.15, 0.2) is 0 Å². The second kappa shape index (κ2) is 15.7. The van der Waals surface area contributed by atoms with E-state index in [2.05, 4.69) is 5.32 Å². The number of hydrogen-bond acceptors (Lipinski definition) is 5. The monoisotopic (exact) mass is 695 g/mol. The van der Waals surface area contributed by atoms with E-state index in [9.17, 15) is 18.0 Å². The fraction of sp³-hybridized carbons (Fsp3) is 0.278. The van der Waals surface area contributed by atoms with Crippen molar-refractivity contribution in [1.29, 1.82) is 0 Å². The molecule has 0 bridgehead atoms. The third kappa shape index (κ3) is 9.50. The summed E-state index contributed by atoms with van der Waals surface area (Å²) in [6, 6.07) is 27.7. The molecule has 0 aliphatic heterocycles. The molecule has 0 aromatic heterocycles. The fourth-order valence-electron chi connectivity index (χ4n) is 5.00. The van der Waals surface area contributed by atoms with Crippen LogP contribution in [0.15, 0.2) is 108 Å². The molecule has 4 rings (SSSR count). The van der Waals surface area contributed by atoms with Crippen molar-refractivity contribution >= 4 is 50.7 Å². The first-order valence-corrected chi connectivity index (χ1v) is 17.4. The molecule has 0 fully saturated rings. The Bertz CT molecular complexity index is 1780. The first-order chi connectivity index (χ1) is 22.3. The van der Waals surface area contributed by atoms with Gasteiger partial charge in [0.2, 0.25) is 11.8 Å². The average Bonchev–Trinajstić information content (AvgIpc) is 3.02. The van der Waals surface area contributed by atoms with Crippen molar-refractivity contribution in [2.24, 2.45) is 0 Å². The number of benzene rings is 4. The summed E-state index contributed by atoms with van der Waals surface area (Å²) in [5, 5.41) is 3.79. The van der Waals surface area contributed by atoms with Crippen LogP contribution in [-0.4, -0.2) is 49.9 Å². The predicted molar refractivity (Wildman–Crippen MR) is 187 cm³/mol. The highest BCUT2D eigenvalue weighted by Gasteiger charge is 2.36. The lowest BCUT2D eigenvalue weighted by Crippen LogP contribution is -2.56. The van der Waals surface area contributed by atoms with Crippen LogP contribution in [0.25, 0.3) is 0 Å². The number of nitrogens with zero attached hydrogens (tertiary/aromatic N) is 2. The highest BCUT2D eigenvalue weighted by atomic mass is 35.5. The van der Waals surface area contributed by atoms with E-state index in [1.807, 2.05) is 51.1 Å². The molecule has 0 unspecified atom stereocenters. The van der Waals surface area contributed by atoms with Crippen molar-refractivity contribution in [3.8, 4) is 5.75 Å². The summed E-state index contributed by atoms with van der Waals surface area (Å²) in [4.78, 5) is 30.0. The van der Waals surface area contributed by atoms with Crippen molar-refractivity contribution in [2.75, 3.05) is 17.5 Å². The topological polar surface area (TPSA) is 96.0 Å². The van der Waals surface area contributed by atoms with Crippen LogP contribution in [0.1, 0.15) is 38.8 Å². The summed E-state index contributed by atoms with van der Waals surface area (Å²) >= 11 is 12.7. The molecule has 4 aromatic rings. The minimum absolute atomic E-state index is 0.0461. The molecule has 1 N–H and O–H groups in total. The van der Waals surface area contributed by atoms with E-state index in [1.165, 1.54) is 29.2 Å². The van der Waals surface area contributed by atoms with Gasteiger partial charge >= 0.3 is 0 Å². The van der Waals surface area contributed by atoms with Crippen LogP contribution < -0.4 is 14.4 Å². The maximum Gasteiger partial charge on any atom is 0.264 e. The number of anilines is 1. The lowest BCUT2D eigenvalue weighted by Gasteiger charge is -2.35. The molecule has 0 aliphatic carbocycles. The fourth-order valence-corrected chi connectivity index (χ4v) is 6.75. The van der Waals surface area contributed by atoms with Gasteiger partial charge in [0.05, 0.1) is 17.2 Å². The molecule has 2 amide bonds. The van der Waals surface area contributed by atoms with Crippen molar-refractivity contribution < 1.29 is 22.7 Å². The third-order valence-electron chi connectivity index (χ3n) is 7.18. The quantitative estimate of drug-likeness (QED) is 0.160. The molecule has 248 valence electrons. The summed E-state index contributed by atoms with van der Waals surface area (Å²) in [5.74, 6) is -0.716. The first kappa shape index (κ1) is 35.8. The number of halogens is 2. The van der Waals surface area contributed by atoms with Gasteiger partial charge in [-0.1, -0.05) is 83.9 Å². The molecule has 1 atom stereocenters. The number of ether oxygens (including phenoxy) is 1. The molecule has 0 saturated heterocycles. The van der Waals surface area contributed by atoms with Gasteiger partial charge in [-0.3, -0.25) is 13.9 Å². The molecular weight excluding hydrogens is 657 g/mol. The van der Waals surface area contributed by atoms with Crippen LogP contribution in [0.4, 0.5) is 5.69 Å². The molecule has 0 aliphatic rings. The standard InChI is InChI=1S/C36H39Cl2N3O5S/c1-5-46-33-18-12-11-17-31(33)41(47(44,45)29-21-19-28(37)20-22-29)25-34(42)40(24-27-15-9-10-16-30(27)38)32(35(43)39-36(2,3)4)23-26-13-7-6-8-14-26/h6-22,32H,5,23-25H2,1-4H3,(H,39,43)/t32-/m1/s1. The van der Waals surface area contributed by atoms with E-state index in [0.717, 1.165) is 9.87 Å². The van der Waals surface area contributed by atoms with Crippen LogP contribution in [0.3, 0.4) is 0 Å². The van der Waals surface area contributed by atoms with Crippen molar-refractivity contribution in [3.05, 3.63) is 124 Å². The summed E-state index contributed by atoms with van der Waals surface area (Å²) in [6.07, 6.45) is 0.179. The second-order valence-corrected chi connectivity index (χ2v) is 14.6. The van der Waals surface area contributed by atoms with Crippen molar-refractivity contribution in [3.63, 3.8) is 0 Å². The molecule has 0 heterocycles. The SMILES string of the molecule is CCOc1ccccc1N(CC(=O)N(Cc1ccccc1Cl)[C@H](Cc1ccccc1)C(=O)NC(C)(C)C)S(=O)(=O)c1ccc(Cl)cc1. The highest BCUT2D eigenvalue weighted by Crippen LogP contribution is 2.33. The van der Waals surface area contributed by atoms with E-state index in [4.69, 9.17) is 27.9 Å². The Hall–Kier alpha value is -4.05. The van der Waals surface area contributed by atoms with E-state index >= 15 is 0 Å². The lowest BCUT2D eigenvalue weighted by molar-refractivity contribution is -0.140. The van der Waals surface area contributed by atoms with Crippen LogP contribution in [0.2, 0.25) is 10.0 Å². The van der Waals surface area contributed by atoms with Gasteiger partial charge in [0.25, 0.3) is 10.0 Å². The van der Waals surface area contributed by atoms with E-state index in [-0.39, 0.29) is 41.8 Å². The van der Waals surface area contributed by atoms with Gasteiger partial charge in [0.1, 0.15) is 18.3 Å². The van der Waals surface area contributed by atoms with Gasteiger partial charge in [-0.15, -0.1) is 0 Å². The number of carbonyl (C=O) groups is 2. The number of para-hydroxylation sites is 2. The van der Waals surface area contributed by atoms with Crippen LogP contribution in [0, 0.1) is 0 Å². The summed E-state index contributed by atoms with van der Waals surface area (Å²) in [6.45, 7) is 6.95.